The molecule has 2 heteroatoms. The summed E-state index contributed by atoms with van der Waals surface area (Å²) in [6.07, 6.45) is 5.44. The van der Waals surface area contributed by atoms with E-state index in [2.05, 4.69) is 32.2 Å². The Labute approximate surface area is 104 Å². The van der Waals surface area contributed by atoms with Gasteiger partial charge in [0.05, 0.1) is 5.60 Å². The molecular formula is C14H24OS. The van der Waals surface area contributed by atoms with E-state index in [-0.39, 0.29) is 0 Å². The second-order valence-corrected chi connectivity index (χ2v) is 5.71. The predicted octanol–water partition coefficient (Wildman–Crippen LogP) is 4.56. The Kier molecular flexibility index (Phi) is 5.50. The lowest BCUT2D eigenvalue weighted by atomic mass is 9.77. The molecule has 0 aliphatic heterocycles. The predicted molar refractivity (Wildman–Crippen MR) is 71.8 cm³/mol. The van der Waals surface area contributed by atoms with Crippen molar-refractivity contribution in [3.05, 3.63) is 22.4 Å². The molecule has 92 valence electrons. The average molecular weight is 240 g/mol. The molecule has 1 aliphatic rings. The van der Waals surface area contributed by atoms with Crippen molar-refractivity contribution < 1.29 is 5.11 Å². The lowest BCUT2D eigenvalue weighted by Crippen LogP contribution is -2.30. The van der Waals surface area contributed by atoms with Gasteiger partial charge in [-0.05, 0) is 54.0 Å². The Morgan fingerprint density at radius 2 is 1.94 bits per heavy atom. The van der Waals surface area contributed by atoms with E-state index in [1.807, 2.05) is 5.38 Å². The maximum Gasteiger partial charge on any atom is 0.0904 e. The quantitative estimate of drug-likeness (QED) is 0.763. The smallest absolute Gasteiger partial charge is 0.0904 e. The number of hydrogen-bond donors (Lipinski definition) is 1. The van der Waals surface area contributed by atoms with E-state index in [0.29, 0.717) is 0 Å². The lowest BCUT2D eigenvalue weighted by molar-refractivity contribution is -0.0116. The van der Waals surface area contributed by atoms with Gasteiger partial charge in [0.25, 0.3) is 0 Å². The lowest BCUT2D eigenvalue weighted by Gasteiger charge is -2.34. The number of aliphatic hydroxyl groups is 1. The Balaban J connectivity index is 0.000000386. The molecule has 2 rings (SSSR count). The summed E-state index contributed by atoms with van der Waals surface area (Å²) in [7, 11) is 0. The molecule has 1 saturated carbocycles. The molecule has 0 unspecified atom stereocenters. The van der Waals surface area contributed by atoms with Gasteiger partial charge in [-0.1, -0.05) is 27.2 Å². The first-order valence-electron chi connectivity index (χ1n) is 6.37. The molecule has 1 aromatic rings. The number of rotatable bonds is 1. The van der Waals surface area contributed by atoms with Crippen LogP contribution < -0.4 is 0 Å². The molecular weight excluding hydrogens is 216 g/mol. The van der Waals surface area contributed by atoms with Gasteiger partial charge in [-0.3, -0.25) is 0 Å². The summed E-state index contributed by atoms with van der Waals surface area (Å²) in [5.41, 5.74) is 0.622. The van der Waals surface area contributed by atoms with Crippen LogP contribution in [0, 0.1) is 5.92 Å². The largest absolute Gasteiger partial charge is 0.385 e. The summed E-state index contributed by atoms with van der Waals surface area (Å²) < 4.78 is 0. The van der Waals surface area contributed by atoms with Crippen LogP contribution in [0.3, 0.4) is 0 Å². The molecule has 0 aromatic carbocycles. The fraction of sp³-hybridized carbons (Fsp3) is 0.714. The van der Waals surface area contributed by atoms with E-state index < -0.39 is 5.60 Å². The highest BCUT2D eigenvalue weighted by molar-refractivity contribution is 7.08. The fourth-order valence-electron chi connectivity index (χ4n) is 2.06. The molecule has 1 aromatic heterocycles. The first-order valence-corrected chi connectivity index (χ1v) is 7.31. The van der Waals surface area contributed by atoms with Crippen molar-refractivity contribution >= 4 is 11.3 Å². The van der Waals surface area contributed by atoms with Gasteiger partial charge in [0.2, 0.25) is 0 Å². The topological polar surface area (TPSA) is 20.2 Å². The van der Waals surface area contributed by atoms with Gasteiger partial charge in [0, 0.05) is 0 Å². The van der Waals surface area contributed by atoms with Gasteiger partial charge in [0.15, 0.2) is 0 Å². The normalized spacial score (nSPS) is 29.4. The van der Waals surface area contributed by atoms with Crippen LogP contribution >= 0.6 is 11.3 Å². The van der Waals surface area contributed by atoms with Crippen LogP contribution in [0.2, 0.25) is 0 Å². The molecule has 0 bridgehead atoms. The maximum atomic E-state index is 10.4. The zero-order valence-electron chi connectivity index (χ0n) is 10.7. The monoisotopic (exact) mass is 240 g/mol. The van der Waals surface area contributed by atoms with Crippen molar-refractivity contribution in [1.29, 1.82) is 0 Å². The van der Waals surface area contributed by atoms with Crippen molar-refractivity contribution in [2.75, 3.05) is 0 Å². The Morgan fingerprint density at radius 1 is 1.38 bits per heavy atom. The van der Waals surface area contributed by atoms with Crippen LogP contribution in [0.5, 0.6) is 0 Å². The van der Waals surface area contributed by atoms with Crippen LogP contribution in [0.25, 0.3) is 0 Å². The summed E-state index contributed by atoms with van der Waals surface area (Å²) >= 11 is 1.67. The molecule has 1 nitrogen and oxygen atoms in total. The van der Waals surface area contributed by atoms with Crippen LogP contribution in [0.1, 0.15) is 58.4 Å². The first kappa shape index (κ1) is 13.7. The summed E-state index contributed by atoms with van der Waals surface area (Å²) in [6, 6.07) is 2.06. The van der Waals surface area contributed by atoms with Crippen LogP contribution in [0.15, 0.2) is 16.8 Å². The van der Waals surface area contributed by atoms with E-state index in [1.54, 1.807) is 11.3 Å². The van der Waals surface area contributed by atoms with Crippen LogP contribution in [0.4, 0.5) is 0 Å². The zero-order valence-corrected chi connectivity index (χ0v) is 11.5. The zero-order chi connectivity index (χ0) is 12.0. The third kappa shape index (κ3) is 3.60. The summed E-state index contributed by atoms with van der Waals surface area (Å²) in [4.78, 5) is 0. The summed E-state index contributed by atoms with van der Waals surface area (Å²) in [5.74, 6) is 0.791. The summed E-state index contributed by atoms with van der Waals surface area (Å²) in [6.45, 7) is 6.52. The van der Waals surface area contributed by atoms with Crippen molar-refractivity contribution in [3.8, 4) is 0 Å². The van der Waals surface area contributed by atoms with E-state index in [1.165, 1.54) is 6.42 Å². The number of thiophene rings is 1. The first-order chi connectivity index (χ1) is 7.62. The Morgan fingerprint density at radius 3 is 2.38 bits per heavy atom. The third-order valence-electron chi connectivity index (χ3n) is 3.16. The van der Waals surface area contributed by atoms with Crippen molar-refractivity contribution in [3.63, 3.8) is 0 Å². The SMILES string of the molecule is CC1CCC(O)(c2ccsc2)CC1.CCC. The third-order valence-corrected chi connectivity index (χ3v) is 3.84. The van der Waals surface area contributed by atoms with Crippen LogP contribution in [-0.2, 0) is 5.60 Å². The molecule has 1 heterocycles. The van der Waals surface area contributed by atoms with Gasteiger partial charge in [-0.15, -0.1) is 0 Å². The molecule has 16 heavy (non-hydrogen) atoms. The fourth-order valence-corrected chi connectivity index (χ4v) is 2.81. The van der Waals surface area contributed by atoms with Crippen molar-refractivity contribution in [2.45, 2.75) is 58.5 Å². The average Bonchev–Trinajstić information content (AvgIpc) is 2.78. The molecule has 0 radical (unpaired) electrons. The van der Waals surface area contributed by atoms with E-state index in [0.717, 1.165) is 37.2 Å². The highest BCUT2D eigenvalue weighted by Gasteiger charge is 2.33. The molecule has 0 spiro atoms. The highest BCUT2D eigenvalue weighted by Crippen LogP contribution is 2.39. The number of hydrogen-bond acceptors (Lipinski definition) is 2. The van der Waals surface area contributed by atoms with Gasteiger partial charge in [-0.25, -0.2) is 0 Å². The minimum absolute atomic E-state index is 0.507. The van der Waals surface area contributed by atoms with E-state index in [9.17, 15) is 5.11 Å². The molecule has 1 N–H and O–H groups in total. The second kappa shape index (κ2) is 6.41. The molecule has 1 aliphatic carbocycles. The van der Waals surface area contributed by atoms with Crippen molar-refractivity contribution in [1.82, 2.24) is 0 Å². The van der Waals surface area contributed by atoms with Gasteiger partial charge < -0.3 is 5.11 Å². The van der Waals surface area contributed by atoms with Gasteiger partial charge in [-0.2, -0.15) is 11.3 Å². The highest BCUT2D eigenvalue weighted by atomic mass is 32.1. The molecule has 0 saturated heterocycles. The minimum Gasteiger partial charge on any atom is -0.385 e. The second-order valence-electron chi connectivity index (χ2n) is 4.93. The molecule has 1 fully saturated rings. The van der Waals surface area contributed by atoms with E-state index in [4.69, 9.17) is 0 Å². The minimum atomic E-state index is -0.507. The standard InChI is InChI=1S/C11H16OS.C3H8/c1-9-2-5-11(12,6-3-9)10-4-7-13-8-10;1-3-2/h4,7-9,12H,2-3,5-6H2,1H3;3H2,1-2H3. The molecule has 0 amide bonds. The molecule has 0 atom stereocenters. The van der Waals surface area contributed by atoms with E-state index >= 15 is 0 Å². The maximum absolute atomic E-state index is 10.4. The summed E-state index contributed by atoms with van der Waals surface area (Å²) in [5, 5.41) is 14.5. The van der Waals surface area contributed by atoms with Gasteiger partial charge >= 0.3 is 0 Å². The Bertz CT molecular complexity index is 271. The van der Waals surface area contributed by atoms with Gasteiger partial charge in [0.1, 0.15) is 0 Å². The Hall–Kier alpha value is -0.340. The van der Waals surface area contributed by atoms with Crippen LogP contribution in [-0.4, -0.2) is 5.11 Å². The van der Waals surface area contributed by atoms with Crippen molar-refractivity contribution in [2.24, 2.45) is 5.92 Å².